The van der Waals surface area contributed by atoms with Crippen molar-refractivity contribution in [2.24, 2.45) is 0 Å². The average molecular weight is 284 g/mol. The Balaban J connectivity index is 2.51. The van der Waals surface area contributed by atoms with Crippen LogP contribution in [0.4, 0.5) is 0 Å². The van der Waals surface area contributed by atoms with E-state index in [0.717, 1.165) is 25.9 Å². The van der Waals surface area contributed by atoms with Crippen molar-refractivity contribution >= 4 is 5.97 Å². The second kappa shape index (κ2) is 9.35. The van der Waals surface area contributed by atoms with Crippen molar-refractivity contribution in [3.63, 3.8) is 0 Å². The molecule has 0 spiro atoms. The van der Waals surface area contributed by atoms with E-state index in [1.807, 2.05) is 13.8 Å². The van der Waals surface area contributed by atoms with Crippen LogP contribution < -0.4 is 5.32 Å². The van der Waals surface area contributed by atoms with Gasteiger partial charge in [-0.2, -0.15) is 0 Å². The standard InChI is InChI=1S/C16H32N2O2/c1-4-11-17-16(3,15(19)20-5-2)10-14-18-12-8-6-7-9-13-18/h17H,4-14H2,1-3H3. The zero-order valence-electron chi connectivity index (χ0n) is 13.5. The summed E-state index contributed by atoms with van der Waals surface area (Å²) in [6.07, 6.45) is 7.13. The summed E-state index contributed by atoms with van der Waals surface area (Å²) in [6.45, 7) is 10.6. The third-order valence-corrected chi connectivity index (χ3v) is 4.12. The fourth-order valence-corrected chi connectivity index (χ4v) is 2.70. The van der Waals surface area contributed by atoms with Crippen LogP contribution in [0.2, 0.25) is 0 Å². The van der Waals surface area contributed by atoms with Crippen LogP contribution in [0.1, 0.15) is 59.3 Å². The molecule has 1 atom stereocenters. The number of rotatable bonds is 8. The summed E-state index contributed by atoms with van der Waals surface area (Å²) in [6, 6.07) is 0. The fraction of sp³-hybridized carbons (Fsp3) is 0.938. The maximum atomic E-state index is 12.2. The molecule has 0 bridgehead atoms. The van der Waals surface area contributed by atoms with Crippen molar-refractivity contribution in [3.05, 3.63) is 0 Å². The summed E-state index contributed by atoms with van der Waals surface area (Å²) < 4.78 is 5.25. The van der Waals surface area contributed by atoms with Crippen molar-refractivity contribution < 1.29 is 9.53 Å². The number of carbonyl (C=O) groups is 1. The van der Waals surface area contributed by atoms with Crippen molar-refractivity contribution in [2.45, 2.75) is 64.8 Å². The van der Waals surface area contributed by atoms with Gasteiger partial charge in [-0.25, -0.2) is 0 Å². The molecule has 1 heterocycles. The highest BCUT2D eigenvalue weighted by atomic mass is 16.5. The molecule has 4 heteroatoms. The van der Waals surface area contributed by atoms with E-state index in [9.17, 15) is 4.79 Å². The Morgan fingerprint density at radius 3 is 2.40 bits per heavy atom. The van der Waals surface area contributed by atoms with E-state index in [2.05, 4.69) is 17.1 Å². The third kappa shape index (κ3) is 5.80. The minimum atomic E-state index is -0.543. The van der Waals surface area contributed by atoms with Crippen LogP contribution in [-0.2, 0) is 9.53 Å². The van der Waals surface area contributed by atoms with E-state index in [1.54, 1.807) is 0 Å². The van der Waals surface area contributed by atoms with Gasteiger partial charge in [-0.3, -0.25) is 4.79 Å². The molecule has 0 saturated carbocycles. The van der Waals surface area contributed by atoms with Gasteiger partial charge in [-0.1, -0.05) is 19.8 Å². The Bertz CT molecular complexity index is 276. The highest BCUT2D eigenvalue weighted by Crippen LogP contribution is 2.16. The Labute approximate surface area is 124 Å². The van der Waals surface area contributed by atoms with Gasteiger partial charge in [-0.05, 0) is 59.2 Å². The van der Waals surface area contributed by atoms with Crippen LogP contribution >= 0.6 is 0 Å². The Hall–Kier alpha value is -0.610. The Morgan fingerprint density at radius 2 is 1.85 bits per heavy atom. The lowest BCUT2D eigenvalue weighted by molar-refractivity contribution is -0.151. The largest absolute Gasteiger partial charge is 0.465 e. The first-order valence-corrected chi connectivity index (χ1v) is 8.27. The number of hydrogen-bond acceptors (Lipinski definition) is 4. The van der Waals surface area contributed by atoms with Gasteiger partial charge in [-0.15, -0.1) is 0 Å². The quantitative estimate of drug-likeness (QED) is 0.696. The molecule has 0 aromatic heterocycles. The van der Waals surface area contributed by atoms with Gasteiger partial charge in [0, 0.05) is 6.54 Å². The van der Waals surface area contributed by atoms with E-state index in [0.29, 0.717) is 6.61 Å². The first-order chi connectivity index (χ1) is 9.62. The zero-order chi connectivity index (χ0) is 14.8. The molecule has 0 radical (unpaired) electrons. The summed E-state index contributed by atoms with van der Waals surface area (Å²) in [4.78, 5) is 14.7. The van der Waals surface area contributed by atoms with E-state index in [4.69, 9.17) is 4.74 Å². The number of carbonyl (C=O) groups excluding carboxylic acids is 1. The topological polar surface area (TPSA) is 41.6 Å². The Morgan fingerprint density at radius 1 is 1.20 bits per heavy atom. The maximum Gasteiger partial charge on any atom is 0.326 e. The van der Waals surface area contributed by atoms with Crippen molar-refractivity contribution in [3.8, 4) is 0 Å². The predicted octanol–water partition coefficient (Wildman–Crippen LogP) is 2.57. The van der Waals surface area contributed by atoms with Gasteiger partial charge in [0.1, 0.15) is 5.54 Å². The van der Waals surface area contributed by atoms with E-state index < -0.39 is 5.54 Å². The summed E-state index contributed by atoms with van der Waals surface area (Å²) >= 11 is 0. The van der Waals surface area contributed by atoms with Crippen LogP contribution in [0.5, 0.6) is 0 Å². The lowest BCUT2D eigenvalue weighted by Gasteiger charge is -2.31. The molecular formula is C16H32N2O2. The monoisotopic (exact) mass is 284 g/mol. The number of esters is 1. The minimum Gasteiger partial charge on any atom is -0.465 e. The van der Waals surface area contributed by atoms with Crippen LogP contribution in [0, 0.1) is 0 Å². The number of hydrogen-bond donors (Lipinski definition) is 1. The molecule has 1 saturated heterocycles. The van der Waals surface area contributed by atoms with Crippen molar-refractivity contribution in [2.75, 3.05) is 32.8 Å². The molecule has 20 heavy (non-hydrogen) atoms. The number of ether oxygens (including phenoxy) is 1. The van der Waals surface area contributed by atoms with Gasteiger partial charge >= 0.3 is 5.97 Å². The van der Waals surface area contributed by atoms with Crippen LogP contribution in [0.25, 0.3) is 0 Å². The lowest BCUT2D eigenvalue weighted by atomic mass is 9.97. The SMILES string of the molecule is CCCNC(C)(CCN1CCCCCC1)C(=O)OCC. The van der Waals surface area contributed by atoms with Gasteiger partial charge in [0.15, 0.2) is 0 Å². The van der Waals surface area contributed by atoms with Crippen LogP contribution in [-0.4, -0.2) is 49.2 Å². The molecule has 4 nitrogen and oxygen atoms in total. The maximum absolute atomic E-state index is 12.2. The van der Waals surface area contributed by atoms with Gasteiger partial charge in [0.05, 0.1) is 6.61 Å². The molecule has 0 aromatic carbocycles. The number of nitrogens with zero attached hydrogens (tertiary/aromatic N) is 1. The molecular weight excluding hydrogens is 252 g/mol. The first-order valence-electron chi connectivity index (χ1n) is 8.27. The predicted molar refractivity (Wildman–Crippen MR) is 82.9 cm³/mol. The lowest BCUT2D eigenvalue weighted by Crippen LogP contribution is -2.52. The minimum absolute atomic E-state index is 0.108. The van der Waals surface area contributed by atoms with Crippen molar-refractivity contribution in [1.82, 2.24) is 10.2 Å². The zero-order valence-corrected chi connectivity index (χ0v) is 13.5. The van der Waals surface area contributed by atoms with Crippen molar-refractivity contribution in [1.29, 1.82) is 0 Å². The first kappa shape index (κ1) is 17.4. The molecule has 0 aromatic rings. The average Bonchev–Trinajstić information content (AvgIpc) is 2.72. The number of likely N-dealkylation sites (tertiary alicyclic amines) is 1. The molecule has 1 unspecified atom stereocenters. The highest BCUT2D eigenvalue weighted by Gasteiger charge is 2.34. The summed E-state index contributed by atoms with van der Waals surface area (Å²) in [5, 5.41) is 3.38. The molecule has 118 valence electrons. The van der Waals surface area contributed by atoms with Crippen LogP contribution in [0.3, 0.4) is 0 Å². The summed E-state index contributed by atoms with van der Waals surface area (Å²) in [5.74, 6) is -0.108. The van der Waals surface area contributed by atoms with Crippen LogP contribution in [0.15, 0.2) is 0 Å². The molecule has 1 N–H and O–H groups in total. The Kier molecular flexibility index (Phi) is 8.15. The smallest absolute Gasteiger partial charge is 0.326 e. The number of nitrogens with one attached hydrogen (secondary N) is 1. The molecule has 0 aliphatic carbocycles. The van der Waals surface area contributed by atoms with E-state index in [-0.39, 0.29) is 5.97 Å². The molecule has 0 amide bonds. The van der Waals surface area contributed by atoms with Gasteiger partial charge < -0.3 is 15.0 Å². The van der Waals surface area contributed by atoms with E-state index in [1.165, 1.54) is 38.8 Å². The van der Waals surface area contributed by atoms with E-state index >= 15 is 0 Å². The molecule has 1 aliphatic rings. The molecule has 1 aliphatic heterocycles. The normalized spacial score (nSPS) is 20.1. The highest BCUT2D eigenvalue weighted by molar-refractivity contribution is 5.80. The summed E-state index contributed by atoms with van der Waals surface area (Å²) in [5.41, 5.74) is -0.543. The van der Waals surface area contributed by atoms with Gasteiger partial charge in [0.25, 0.3) is 0 Å². The molecule has 1 fully saturated rings. The second-order valence-electron chi connectivity index (χ2n) is 5.99. The fourth-order valence-electron chi connectivity index (χ4n) is 2.70. The second-order valence-corrected chi connectivity index (χ2v) is 5.99. The third-order valence-electron chi connectivity index (χ3n) is 4.12. The summed E-state index contributed by atoms with van der Waals surface area (Å²) in [7, 11) is 0. The molecule has 1 rings (SSSR count). The van der Waals surface area contributed by atoms with Gasteiger partial charge in [0.2, 0.25) is 0 Å².